The van der Waals surface area contributed by atoms with Crippen molar-refractivity contribution in [3.63, 3.8) is 0 Å². The molecule has 2 N–H and O–H groups in total. The summed E-state index contributed by atoms with van der Waals surface area (Å²) in [6.07, 6.45) is 0. The summed E-state index contributed by atoms with van der Waals surface area (Å²) in [6, 6.07) is 11.6. The van der Waals surface area contributed by atoms with Crippen LogP contribution in [0.2, 0.25) is 0 Å². The van der Waals surface area contributed by atoms with Crippen molar-refractivity contribution >= 4 is 5.91 Å². The van der Waals surface area contributed by atoms with Crippen LogP contribution in [0.3, 0.4) is 0 Å². The van der Waals surface area contributed by atoms with E-state index >= 15 is 0 Å². The van der Waals surface area contributed by atoms with Crippen LogP contribution in [-0.2, 0) is 13.1 Å². The molecule has 2 rings (SSSR count). The van der Waals surface area contributed by atoms with Gasteiger partial charge in [0.05, 0.1) is 40.0 Å². The molecule has 0 aromatic heterocycles. The highest BCUT2D eigenvalue weighted by molar-refractivity contribution is 5.98. The van der Waals surface area contributed by atoms with Gasteiger partial charge in [0.15, 0.2) is 11.5 Å². The highest BCUT2D eigenvalue weighted by Gasteiger charge is 2.20. The molecule has 0 fully saturated rings. The predicted octanol–water partition coefficient (Wildman–Crippen LogP) is 2.07. The SMILES string of the molecule is CC[NH+](CC)Cc1ccccc1CNC(=O)c1ccc(OC)c(OC)c1OC. The summed E-state index contributed by atoms with van der Waals surface area (Å²) in [6.45, 7) is 7.91. The van der Waals surface area contributed by atoms with Gasteiger partial charge in [0.25, 0.3) is 5.91 Å². The van der Waals surface area contributed by atoms with E-state index in [1.54, 1.807) is 19.2 Å². The fourth-order valence-electron chi connectivity index (χ4n) is 3.22. The number of rotatable bonds is 10. The summed E-state index contributed by atoms with van der Waals surface area (Å²) in [5.41, 5.74) is 2.78. The first-order chi connectivity index (χ1) is 13.6. The molecule has 0 spiro atoms. The van der Waals surface area contributed by atoms with Gasteiger partial charge in [0.1, 0.15) is 6.54 Å². The molecule has 0 bridgehead atoms. The number of hydrogen-bond donors (Lipinski definition) is 2. The molecular formula is C22H31N2O4+. The van der Waals surface area contributed by atoms with Gasteiger partial charge >= 0.3 is 0 Å². The summed E-state index contributed by atoms with van der Waals surface area (Å²) < 4.78 is 16.1. The molecule has 0 unspecified atom stereocenters. The van der Waals surface area contributed by atoms with Gasteiger partial charge in [-0.2, -0.15) is 0 Å². The summed E-state index contributed by atoms with van der Waals surface area (Å²) in [4.78, 5) is 14.3. The lowest BCUT2D eigenvalue weighted by molar-refractivity contribution is -0.910. The van der Waals surface area contributed by atoms with Crippen molar-refractivity contribution in [2.24, 2.45) is 0 Å². The van der Waals surface area contributed by atoms with Gasteiger partial charge < -0.3 is 24.4 Å². The van der Waals surface area contributed by atoms with E-state index < -0.39 is 0 Å². The summed E-state index contributed by atoms with van der Waals surface area (Å²) in [7, 11) is 4.58. The largest absolute Gasteiger partial charge is 0.493 e. The first kappa shape index (κ1) is 21.6. The van der Waals surface area contributed by atoms with Gasteiger partial charge in [-0.1, -0.05) is 24.3 Å². The average Bonchev–Trinajstić information content (AvgIpc) is 2.74. The second kappa shape index (κ2) is 10.6. The van der Waals surface area contributed by atoms with Crippen LogP contribution >= 0.6 is 0 Å². The van der Waals surface area contributed by atoms with Gasteiger partial charge in [0, 0.05) is 12.1 Å². The van der Waals surface area contributed by atoms with Crippen LogP contribution in [0, 0.1) is 0 Å². The molecule has 2 aromatic carbocycles. The predicted molar refractivity (Wildman–Crippen MR) is 109 cm³/mol. The van der Waals surface area contributed by atoms with E-state index in [-0.39, 0.29) is 5.91 Å². The number of benzene rings is 2. The van der Waals surface area contributed by atoms with E-state index in [9.17, 15) is 4.79 Å². The van der Waals surface area contributed by atoms with Crippen molar-refractivity contribution in [1.29, 1.82) is 0 Å². The molecule has 6 heteroatoms. The Kier molecular flexibility index (Phi) is 8.14. The molecule has 0 aliphatic heterocycles. The van der Waals surface area contributed by atoms with E-state index in [2.05, 4.69) is 31.3 Å². The number of hydrogen-bond acceptors (Lipinski definition) is 4. The third-order valence-electron chi connectivity index (χ3n) is 4.95. The molecule has 0 aliphatic carbocycles. The summed E-state index contributed by atoms with van der Waals surface area (Å²) in [5, 5.41) is 3.00. The van der Waals surface area contributed by atoms with Crippen LogP contribution < -0.4 is 24.4 Å². The molecule has 0 atom stereocenters. The van der Waals surface area contributed by atoms with E-state index in [0.717, 1.165) is 25.2 Å². The van der Waals surface area contributed by atoms with Crippen LogP contribution in [0.25, 0.3) is 0 Å². The zero-order valence-electron chi connectivity index (χ0n) is 17.4. The number of quaternary nitrogens is 1. The Morgan fingerprint density at radius 1 is 0.893 bits per heavy atom. The minimum Gasteiger partial charge on any atom is -0.493 e. The Balaban J connectivity index is 2.19. The van der Waals surface area contributed by atoms with Gasteiger partial charge in [-0.3, -0.25) is 4.79 Å². The molecule has 0 saturated heterocycles. The smallest absolute Gasteiger partial charge is 0.255 e. The summed E-state index contributed by atoms with van der Waals surface area (Å²) >= 11 is 0. The molecular weight excluding hydrogens is 356 g/mol. The van der Waals surface area contributed by atoms with E-state index in [1.165, 1.54) is 24.7 Å². The molecule has 2 aromatic rings. The van der Waals surface area contributed by atoms with Crippen LogP contribution in [0.5, 0.6) is 17.2 Å². The van der Waals surface area contributed by atoms with Crippen molar-refractivity contribution < 1.29 is 23.9 Å². The van der Waals surface area contributed by atoms with E-state index in [0.29, 0.717) is 29.4 Å². The Bertz CT molecular complexity index is 788. The van der Waals surface area contributed by atoms with Crippen molar-refractivity contribution in [2.45, 2.75) is 26.9 Å². The second-order valence-electron chi connectivity index (χ2n) is 6.47. The van der Waals surface area contributed by atoms with Gasteiger partial charge in [0.2, 0.25) is 5.75 Å². The third kappa shape index (κ3) is 4.95. The van der Waals surface area contributed by atoms with E-state index in [4.69, 9.17) is 14.2 Å². The Hall–Kier alpha value is -2.73. The van der Waals surface area contributed by atoms with E-state index in [1.807, 2.05) is 12.1 Å². The van der Waals surface area contributed by atoms with Gasteiger partial charge in [-0.25, -0.2) is 0 Å². The van der Waals surface area contributed by atoms with Crippen LogP contribution in [0.1, 0.15) is 35.3 Å². The first-order valence-electron chi connectivity index (χ1n) is 9.56. The zero-order valence-corrected chi connectivity index (χ0v) is 17.4. The molecule has 28 heavy (non-hydrogen) atoms. The number of methoxy groups -OCH3 is 3. The molecule has 6 nitrogen and oxygen atoms in total. The maximum absolute atomic E-state index is 12.8. The number of carbonyl (C=O) groups is 1. The molecule has 0 heterocycles. The second-order valence-corrected chi connectivity index (χ2v) is 6.47. The number of nitrogens with one attached hydrogen (secondary N) is 2. The highest BCUT2D eigenvalue weighted by Crippen LogP contribution is 2.39. The average molecular weight is 388 g/mol. The lowest BCUT2D eigenvalue weighted by Crippen LogP contribution is -3.10. The van der Waals surface area contributed by atoms with Gasteiger partial charge in [-0.05, 0) is 31.5 Å². The molecule has 0 radical (unpaired) electrons. The topological polar surface area (TPSA) is 61.2 Å². The normalized spacial score (nSPS) is 10.6. The minimum atomic E-state index is -0.220. The number of amides is 1. The molecule has 0 aliphatic rings. The fraction of sp³-hybridized carbons (Fsp3) is 0.409. The van der Waals surface area contributed by atoms with Gasteiger partial charge in [-0.15, -0.1) is 0 Å². The molecule has 152 valence electrons. The van der Waals surface area contributed by atoms with Crippen LogP contribution in [0.15, 0.2) is 36.4 Å². The van der Waals surface area contributed by atoms with Crippen molar-refractivity contribution in [3.8, 4) is 17.2 Å². The highest BCUT2D eigenvalue weighted by atomic mass is 16.5. The maximum atomic E-state index is 12.8. The molecule has 0 saturated carbocycles. The lowest BCUT2D eigenvalue weighted by Gasteiger charge is -2.18. The number of ether oxygens (including phenoxy) is 3. The van der Waals surface area contributed by atoms with Crippen LogP contribution in [0.4, 0.5) is 0 Å². The zero-order chi connectivity index (χ0) is 20.5. The Morgan fingerprint density at radius 2 is 1.54 bits per heavy atom. The summed E-state index contributed by atoms with van der Waals surface area (Å²) in [5.74, 6) is 1.06. The molecule has 1 amide bonds. The standard InChI is InChI=1S/C22H30N2O4/c1-6-24(7-2)15-17-11-9-8-10-16(17)14-23-22(25)18-12-13-19(26-3)21(28-5)20(18)27-4/h8-13H,6-7,14-15H2,1-5H3,(H,23,25)/p+1. The Labute approximate surface area is 167 Å². The number of carbonyl (C=O) groups excluding carboxylic acids is 1. The van der Waals surface area contributed by atoms with Crippen molar-refractivity contribution in [2.75, 3.05) is 34.4 Å². The third-order valence-corrected chi connectivity index (χ3v) is 4.95. The minimum absolute atomic E-state index is 0.220. The first-order valence-corrected chi connectivity index (χ1v) is 9.56. The van der Waals surface area contributed by atoms with Crippen molar-refractivity contribution in [3.05, 3.63) is 53.1 Å². The fourth-order valence-corrected chi connectivity index (χ4v) is 3.22. The quantitative estimate of drug-likeness (QED) is 0.655. The maximum Gasteiger partial charge on any atom is 0.255 e. The monoisotopic (exact) mass is 387 g/mol. The van der Waals surface area contributed by atoms with Crippen molar-refractivity contribution in [1.82, 2.24) is 5.32 Å². The Morgan fingerprint density at radius 3 is 2.11 bits per heavy atom. The lowest BCUT2D eigenvalue weighted by atomic mass is 10.1. The van der Waals surface area contributed by atoms with Crippen LogP contribution in [-0.4, -0.2) is 40.3 Å².